The molecule has 0 aliphatic rings. The second-order valence-electron chi connectivity index (χ2n) is 5.96. The van der Waals surface area contributed by atoms with Gasteiger partial charge in [-0.3, -0.25) is 4.79 Å². The molecule has 0 spiro atoms. The fourth-order valence-corrected chi connectivity index (χ4v) is 2.64. The summed E-state index contributed by atoms with van der Waals surface area (Å²) in [6, 6.07) is 9.41. The molecule has 0 heterocycles. The highest BCUT2D eigenvalue weighted by atomic mass is 19.4. The van der Waals surface area contributed by atoms with Crippen LogP contribution in [0.4, 0.5) is 13.2 Å². The predicted octanol–water partition coefficient (Wildman–Crippen LogP) is 4.37. The van der Waals surface area contributed by atoms with Gasteiger partial charge in [-0.2, -0.15) is 13.2 Å². The molecule has 28 heavy (non-hydrogen) atoms. The van der Waals surface area contributed by atoms with Gasteiger partial charge in [0.05, 0.1) is 25.8 Å². The minimum absolute atomic E-state index is 0.0239. The van der Waals surface area contributed by atoms with Gasteiger partial charge in [-0.05, 0) is 42.3 Å². The molecule has 2 aromatic rings. The fraction of sp³-hybridized carbons (Fsp3) is 0.350. The Labute approximate surface area is 161 Å². The Morgan fingerprint density at radius 3 is 2.39 bits per heavy atom. The van der Waals surface area contributed by atoms with Crippen molar-refractivity contribution in [3.63, 3.8) is 0 Å². The summed E-state index contributed by atoms with van der Waals surface area (Å²) in [5.74, 6) is 0.636. The van der Waals surface area contributed by atoms with E-state index in [4.69, 9.17) is 14.2 Å². The van der Waals surface area contributed by atoms with Crippen molar-refractivity contribution in [2.24, 2.45) is 0 Å². The highest BCUT2D eigenvalue weighted by Crippen LogP contribution is 2.32. The number of hydrogen-bond donors (Lipinski definition) is 1. The molecule has 152 valence electrons. The zero-order valence-electron chi connectivity index (χ0n) is 15.8. The van der Waals surface area contributed by atoms with Gasteiger partial charge < -0.3 is 19.5 Å². The number of ether oxygens (including phenoxy) is 3. The number of nitrogens with one attached hydrogen (secondary N) is 1. The van der Waals surface area contributed by atoms with E-state index >= 15 is 0 Å². The van der Waals surface area contributed by atoms with E-state index in [1.54, 1.807) is 12.1 Å². The van der Waals surface area contributed by atoms with Crippen molar-refractivity contribution in [1.29, 1.82) is 0 Å². The van der Waals surface area contributed by atoms with E-state index in [-0.39, 0.29) is 11.8 Å². The molecule has 5 nitrogen and oxygen atoms in total. The van der Waals surface area contributed by atoms with Crippen LogP contribution in [0.5, 0.6) is 17.2 Å². The summed E-state index contributed by atoms with van der Waals surface area (Å²) < 4.78 is 53.9. The lowest BCUT2D eigenvalue weighted by Gasteiger charge is -2.19. The van der Waals surface area contributed by atoms with Crippen LogP contribution in [0.25, 0.3) is 0 Å². The normalized spacial score (nSPS) is 12.2. The molecule has 0 saturated heterocycles. The molecule has 0 saturated carbocycles. The highest BCUT2D eigenvalue weighted by Gasteiger charge is 2.30. The standard InChI is InChI=1S/C20H22F3NO4/c1-4-16(13-8-9-17(26-2)18(10-13)27-3)24-19(25)12-28-15-7-5-6-14(11-15)20(21,22)23/h5-11,16H,4,12H2,1-3H3,(H,24,25)/t16-/m0/s1. The number of methoxy groups -OCH3 is 2. The van der Waals surface area contributed by atoms with Crippen LogP contribution in [0.2, 0.25) is 0 Å². The first-order chi connectivity index (χ1) is 13.3. The lowest BCUT2D eigenvalue weighted by atomic mass is 10.0. The SMILES string of the molecule is CC[C@H](NC(=O)COc1cccc(C(F)(F)F)c1)c1ccc(OC)c(OC)c1. The molecule has 0 aromatic heterocycles. The van der Waals surface area contributed by atoms with Crippen LogP contribution in [0.1, 0.15) is 30.5 Å². The second-order valence-corrected chi connectivity index (χ2v) is 5.96. The van der Waals surface area contributed by atoms with Crippen molar-refractivity contribution >= 4 is 5.91 Å². The van der Waals surface area contributed by atoms with Crippen molar-refractivity contribution in [1.82, 2.24) is 5.32 Å². The highest BCUT2D eigenvalue weighted by molar-refractivity contribution is 5.78. The van der Waals surface area contributed by atoms with Crippen molar-refractivity contribution in [3.8, 4) is 17.2 Å². The number of halogens is 3. The molecule has 2 aromatic carbocycles. The van der Waals surface area contributed by atoms with Gasteiger partial charge in [-0.1, -0.05) is 19.1 Å². The lowest BCUT2D eigenvalue weighted by molar-refractivity contribution is -0.137. The van der Waals surface area contributed by atoms with E-state index in [0.29, 0.717) is 17.9 Å². The molecule has 1 N–H and O–H groups in total. The number of amides is 1. The summed E-state index contributed by atoms with van der Waals surface area (Å²) in [5, 5.41) is 2.80. The largest absolute Gasteiger partial charge is 0.493 e. The summed E-state index contributed by atoms with van der Waals surface area (Å²) in [7, 11) is 3.05. The molecule has 8 heteroatoms. The van der Waals surface area contributed by atoms with Crippen molar-refractivity contribution in [3.05, 3.63) is 53.6 Å². The summed E-state index contributed by atoms with van der Waals surface area (Å²) in [4.78, 5) is 12.2. The van der Waals surface area contributed by atoms with E-state index < -0.39 is 24.3 Å². The van der Waals surface area contributed by atoms with E-state index in [0.717, 1.165) is 17.7 Å². The Morgan fingerprint density at radius 1 is 1.07 bits per heavy atom. The average Bonchev–Trinajstić information content (AvgIpc) is 2.69. The Balaban J connectivity index is 2.01. The van der Waals surface area contributed by atoms with Gasteiger partial charge in [-0.25, -0.2) is 0 Å². The fourth-order valence-electron chi connectivity index (χ4n) is 2.64. The molecule has 0 radical (unpaired) electrons. The number of alkyl halides is 3. The summed E-state index contributed by atoms with van der Waals surface area (Å²) in [6.45, 7) is 1.50. The number of rotatable bonds is 8. The quantitative estimate of drug-likeness (QED) is 0.719. The molecular weight excluding hydrogens is 375 g/mol. The maximum Gasteiger partial charge on any atom is 0.416 e. The minimum atomic E-state index is -4.47. The third-order valence-corrected chi connectivity index (χ3v) is 4.08. The smallest absolute Gasteiger partial charge is 0.416 e. The van der Waals surface area contributed by atoms with Gasteiger partial charge in [-0.15, -0.1) is 0 Å². The number of hydrogen-bond acceptors (Lipinski definition) is 4. The summed E-state index contributed by atoms with van der Waals surface area (Å²) in [5.41, 5.74) is -0.0188. The molecule has 1 atom stereocenters. The monoisotopic (exact) mass is 397 g/mol. The number of benzene rings is 2. The van der Waals surface area contributed by atoms with Crippen molar-refractivity contribution in [2.75, 3.05) is 20.8 Å². The Morgan fingerprint density at radius 2 is 1.79 bits per heavy atom. The molecule has 2 rings (SSSR count). The van der Waals surface area contributed by atoms with E-state index in [1.807, 2.05) is 13.0 Å². The maximum absolute atomic E-state index is 12.7. The van der Waals surface area contributed by atoms with Crippen molar-refractivity contribution < 1.29 is 32.2 Å². The number of carbonyl (C=O) groups is 1. The van der Waals surface area contributed by atoms with E-state index in [2.05, 4.69) is 5.32 Å². The summed E-state index contributed by atoms with van der Waals surface area (Å²) in [6.07, 6.45) is -3.87. The topological polar surface area (TPSA) is 56.8 Å². The summed E-state index contributed by atoms with van der Waals surface area (Å²) >= 11 is 0. The third kappa shape index (κ3) is 5.55. The molecule has 1 amide bonds. The Bertz CT molecular complexity index is 808. The van der Waals surface area contributed by atoms with Crippen molar-refractivity contribution in [2.45, 2.75) is 25.6 Å². The van der Waals surface area contributed by atoms with Crippen LogP contribution < -0.4 is 19.5 Å². The zero-order valence-corrected chi connectivity index (χ0v) is 15.8. The molecular formula is C20H22F3NO4. The Kier molecular flexibility index (Phi) is 7.14. The van der Waals surface area contributed by atoms with Crippen LogP contribution >= 0.6 is 0 Å². The first-order valence-corrected chi connectivity index (χ1v) is 8.59. The first kappa shape index (κ1) is 21.4. The van der Waals surface area contributed by atoms with E-state index in [9.17, 15) is 18.0 Å². The predicted molar refractivity (Wildman–Crippen MR) is 97.7 cm³/mol. The van der Waals surface area contributed by atoms with Gasteiger partial charge in [0.25, 0.3) is 5.91 Å². The van der Waals surface area contributed by atoms with Crippen LogP contribution in [0.3, 0.4) is 0 Å². The second kappa shape index (κ2) is 9.34. The minimum Gasteiger partial charge on any atom is -0.493 e. The third-order valence-electron chi connectivity index (χ3n) is 4.08. The van der Waals surface area contributed by atoms with Gasteiger partial charge in [0.2, 0.25) is 0 Å². The molecule has 0 aliphatic heterocycles. The van der Waals surface area contributed by atoms with E-state index in [1.165, 1.54) is 26.4 Å². The molecule has 0 fully saturated rings. The zero-order chi connectivity index (χ0) is 20.7. The Hall–Kier alpha value is -2.90. The first-order valence-electron chi connectivity index (χ1n) is 8.59. The van der Waals surface area contributed by atoms with Crippen LogP contribution in [-0.4, -0.2) is 26.7 Å². The van der Waals surface area contributed by atoms with Crippen LogP contribution in [0, 0.1) is 0 Å². The molecule has 0 bridgehead atoms. The van der Waals surface area contributed by atoms with Gasteiger partial charge >= 0.3 is 6.18 Å². The van der Waals surface area contributed by atoms with Gasteiger partial charge in [0.15, 0.2) is 18.1 Å². The molecule has 0 unspecified atom stereocenters. The number of carbonyl (C=O) groups excluding carboxylic acids is 1. The van der Waals surface area contributed by atoms with Crippen LogP contribution in [-0.2, 0) is 11.0 Å². The average molecular weight is 397 g/mol. The molecule has 0 aliphatic carbocycles. The maximum atomic E-state index is 12.7. The van der Waals surface area contributed by atoms with Gasteiger partial charge in [0.1, 0.15) is 5.75 Å². The lowest BCUT2D eigenvalue weighted by Crippen LogP contribution is -2.32. The van der Waals surface area contributed by atoms with Gasteiger partial charge in [0, 0.05) is 0 Å². The van der Waals surface area contributed by atoms with Crippen LogP contribution in [0.15, 0.2) is 42.5 Å².